The van der Waals surface area contributed by atoms with E-state index in [0.717, 1.165) is 30.0 Å². The average Bonchev–Trinajstić information content (AvgIpc) is 2.40. The molecule has 2 heterocycles. The van der Waals surface area contributed by atoms with E-state index in [4.69, 9.17) is 5.84 Å². The van der Waals surface area contributed by atoms with Gasteiger partial charge in [0.1, 0.15) is 17.5 Å². The van der Waals surface area contributed by atoms with Crippen LogP contribution in [0.15, 0.2) is 0 Å². The molecule has 21 heavy (non-hydrogen) atoms. The van der Waals surface area contributed by atoms with Crippen LogP contribution in [0.5, 0.6) is 0 Å². The van der Waals surface area contributed by atoms with Crippen LogP contribution in [0.25, 0.3) is 0 Å². The number of nitrogens with two attached hydrogens (primary N) is 1. The van der Waals surface area contributed by atoms with Crippen LogP contribution >= 0.6 is 0 Å². The Morgan fingerprint density at radius 2 is 2.14 bits per heavy atom. The van der Waals surface area contributed by atoms with Gasteiger partial charge in [0.15, 0.2) is 9.84 Å². The summed E-state index contributed by atoms with van der Waals surface area (Å²) < 4.78 is 23.4. The summed E-state index contributed by atoms with van der Waals surface area (Å²) >= 11 is 0. The molecule has 0 spiro atoms. The molecule has 7 nitrogen and oxygen atoms in total. The Morgan fingerprint density at radius 1 is 1.43 bits per heavy atom. The molecule has 0 aliphatic carbocycles. The minimum atomic E-state index is -2.95. The Hall–Kier alpha value is -1.41. The van der Waals surface area contributed by atoms with E-state index in [1.165, 1.54) is 0 Å². The lowest BCUT2D eigenvalue weighted by atomic mass is 10.2. The summed E-state index contributed by atoms with van der Waals surface area (Å²) in [6.45, 7) is 6.33. The fraction of sp³-hybridized carbons (Fsp3) is 0.692. The predicted molar refractivity (Wildman–Crippen MR) is 84.0 cm³/mol. The third kappa shape index (κ3) is 3.44. The zero-order valence-electron chi connectivity index (χ0n) is 12.8. The number of aryl methyl sites for hydroxylation is 1. The lowest BCUT2D eigenvalue weighted by molar-refractivity contribution is 0.566. The molecule has 1 aliphatic heterocycles. The van der Waals surface area contributed by atoms with Crippen LogP contribution in [-0.2, 0) is 16.3 Å². The quantitative estimate of drug-likeness (QED) is 0.621. The Labute approximate surface area is 125 Å². The second-order valence-corrected chi connectivity index (χ2v) is 7.72. The maximum absolute atomic E-state index is 11.7. The summed E-state index contributed by atoms with van der Waals surface area (Å²) in [4.78, 5) is 11.1. The van der Waals surface area contributed by atoms with Gasteiger partial charge in [-0.2, -0.15) is 0 Å². The highest BCUT2D eigenvalue weighted by molar-refractivity contribution is 7.91. The molecular formula is C13H23N5O2S. The molecule has 1 unspecified atom stereocenters. The van der Waals surface area contributed by atoms with Gasteiger partial charge in [-0.15, -0.1) is 0 Å². The van der Waals surface area contributed by atoms with E-state index in [1.54, 1.807) is 0 Å². The number of anilines is 2. The fourth-order valence-electron chi connectivity index (χ4n) is 2.62. The number of sulfone groups is 1. The predicted octanol–water partition coefficient (Wildman–Crippen LogP) is 0.646. The zero-order valence-corrected chi connectivity index (χ0v) is 13.6. The number of hydrazine groups is 1. The number of hydrogen-bond donors (Lipinski definition) is 2. The topological polar surface area (TPSA) is 101 Å². The van der Waals surface area contributed by atoms with Crippen molar-refractivity contribution in [1.29, 1.82) is 0 Å². The van der Waals surface area contributed by atoms with Gasteiger partial charge in [-0.05, 0) is 20.3 Å². The number of rotatable bonds is 4. The summed E-state index contributed by atoms with van der Waals surface area (Å²) in [5.74, 6) is 7.97. The van der Waals surface area contributed by atoms with E-state index in [-0.39, 0.29) is 17.5 Å². The molecule has 118 valence electrons. The lowest BCUT2D eigenvalue weighted by Crippen LogP contribution is -2.47. The van der Waals surface area contributed by atoms with Gasteiger partial charge in [0, 0.05) is 24.6 Å². The van der Waals surface area contributed by atoms with Gasteiger partial charge in [0.25, 0.3) is 0 Å². The van der Waals surface area contributed by atoms with Crippen molar-refractivity contribution in [3.05, 3.63) is 11.4 Å². The number of nitrogens with one attached hydrogen (secondary N) is 1. The van der Waals surface area contributed by atoms with Crippen molar-refractivity contribution in [3.63, 3.8) is 0 Å². The molecule has 2 rings (SSSR count). The van der Waals surface area contributed by atoms with Crippen molar-refractivity contribution in [2.24, 2.45) is 5.84 Å². The van der Waals surface area contributed by atoms with Gasteiger partial charge >= 0.3 is 0 Å². The molecule has 1 atom stereocenters. The molecule has 0 amide bonds. The van der Waals surface area contributed by atoms with Crippen molar-refractivity contribution in [2.45, 2.75) is 39.7 Å². The molecule has 0 aromatic carbocycles. The third-order valence-electron chi connectivity index (χ3n) is 3.72. The average molecular weight is 313 g/mol. The minimum absolute atomic E-state index is 0.0996. The van der Waals surface area contributed by atoms with E-state index in [9.17, 15) is 8.42 Å². The number of nitrogens with zero attached hydrogens (tertiary/aromatic N) is 3. The highest BCUT2D eigenvalue weighted by Crippen LogP contribution is 2.27. The van der Waals surface area contributed by atoms with Crippen LogP contribution < -0.4 is 16.2 Å². The number of nitrogen functional groups attached to an aromatic ring is 1. The summed E-state index contributed by atoms with van der Waals surface area (Å²) in [6, 6.07) is -0.0996. The van der Waals surface area contributed by atoms with Crippen LogP contribution in [-0.4, -0.2) is 42.5 Å². The number of hydrogen-bond acceptors (Lipinski definition) is 7. The first-order valence-electron chi connectivity index (χ1n) is 7.19. The second kappa shape index (κ2) is 6.15. The smallest absolute Gasteiger partial charge is 0.154 e. The molecule has 1 aromatic rings. The highest BCUT2D eigenvalue weighted by atomic mass is 32.2. The Kier molecular flexibility index (Phi) is 4.67. The van der Waals surface area contributed by atoms with E-state index >= 15 is 0 Å². The van der Waals surface area contributed by atoms with Gasteiger partial charge in [-0.1, -0.05) is 6.92 Å². The van der Waals surface area contributed by atoms with Crippen molar-refractivity contribution >= 4 is 21.5 Å². The highest BCUT2D eigenvalue weighted by Gasteiger charge is 2.30. The summed E-state index contributed by atoms with van der Waals surface area (Å²) in [5.41, 5.74) is 3.46. The van der Waals surface area contributed by atoms with Gasteiger partial charge in [-0.25, -0.2) is 24.2 Å². The van der Waals surface area contributed by atoms with Crippen molar-refractivity contribution < 1.29 is 8.42 Å². The summed E-state index contributed by atoms with van der Waals surface area (Å²) in [5, 5.41) is 0. The van der Waals surface area contributed by atoms with Gasteiger partial charge < -0.3 is 10.3 Å². The molecular weight excluding hydrogens is 290 g/mol. The summed E-state index contributed by atoms with van der Waals surface area (Å²) in [6.07, 6.45) is 1.71. The van der Waals surface area contributed by atoms with Crippen molar-refractivity contribution in [3.8, 4) is 0 Å². The molecule has 1 aromatic heterocycles. The largest absolute Gasteiger partial charge is 0.351 e. The van der Waals surface area contributed by atoms with Crippen LogP contribution in [0.3, 0.4) is 0 Å². The molecule has 8 heteroatoms. The molecule has 1 fully saturated rings. The van der Waals surface area contributed by atoms with Crippen molar-refractivity contribution in [1.82, 2.24) is 9.97 Å². The van der Waals surface area contributed by atoms with Gasteiger partial charge in [0.2, 0.25) is 0 Å². The van der Waals surface area contributed by atoms with E-state index in [0.29, 0.717) is 12.4 Å². The van der Waals surface area contributed by atoms with Crippen LogP contribution in [0.1, 0.15) is 31.7 Å². The molecule has 1 saturated heterocycles. The van der Waals surface area contributed by atoms with E-state index < -0.39 is 9.84 Å². The maximum Gasteiger partial charge on any atom is 0.154 e. The van der Waals surface area contributed by atoms with Crippen LogP contribution in [0, 0.1) is 6.92 Å². The SMILES string of the molecule is CCCc1nc(NN)c(C)c(N2CCS(=O)(=O)CC2C)n1. The first-order chi connectivity index (χ1) is 9.88. The Bertz CT molecular complexity index is 617. The summed E-state index contributed by atoms with van der Waals surface area (Å²) in [7, 11) is -2.95. The van der Waals surface area contributed by atoms with Crippen LogP contribution in [0.2, 0.25) is 0 Å². The minimum Gasteiger partial charge on any atom is -0.351 e. The normalized spacial score (nSPS) is 21.3. The monoisotopic (exact) mass is 313 g/mol. The fourth-order valence-corrected chi connectivity index (χ4v) is 4.18. The molecule has 0 radical (unpaired) electrons. The standard InChI is InChI=1S/C13H23N5O2S/c1-4-5-11-15-12(17-14)10(3)13(16-11)18-6-7-21(19,20)8-9(18)2/h9H,4-8,14H2,1-3H3,(H,15,16,17). The first kappa shape index (κ1) is 16.0. The third-order valence-corrected chi connectivity index (χ3v) is 5.51. The zero-order chi connectivity index (χ0) is 15.6. The second-order valence-electron chi connectivity index (χ2n) is 5.49. The van der Waals surface area contributed by atoms with E-state index in [1.807, 2.05) is 18.7 Å². The number of aromatic nitrogens is 2. The van der Waals surface area contributed by atoms with Gasteiger partial charge in [0.05, 0.1) is 11.5 Å². The lowest BCUT2D eigenvalue weighted by Gasteiger charge is -2.35. The maximum atomic E-state index is 11.7. The van der Waals surface area contributed by atoms with E-state index in [2.05, 4.69) is 22.3 Å². The molecule has 3 N–H and O–H groups in total. The molecule has 1 aliphatic rings. The van der Waals surface area contributed by atoms with Gasteiger partial charge in [-0.3, -0.25) is 0 Å². The first-order valence-corrected chi connectivity index (χ1v) is 9.01. The van der Waals surface area contributed by atoms with Crippen molar-refractivity contribution in [2.75, 3.05) is 28.4 Å². The molecule has 0 bridgehead atoms. The van der Waals surface area contributed by atoms with Crippen LogP contribution in [0.4, 0.5) is 11.6 Å². The Balaban J connectivity index is 2.40. The Morgan fingerprint density at radius 3 is 2.71 bits per heavy atom. The molecule has 0 saturated carbocycles.